The Morgan fingerprint density at radius 2 is 2.00 bits per heavy atom. The Balaban J connectivity index is 0.00000240. The van der Waals surface area contributed by atoms with Crippen molar-refractivity contribution in [2.45, 2.75) is 37.0 Å². The van der Waals surface area contributed by atoms with Crippen molar-refractivity contribution in [3.63, 3.8) is 0 Å². The smallest absolute Gasteiger partial charge is 0.322 e. The van der Waals surface area contributed by atoms with Crippen molar-refractivity contribution in [2.75, 3.05) is 19.8 Å². The van der Waals surface area contributed by atoms with Crippen molar-refractivity contribution in [1.82, 2.24) is 15.0 Å². The fourth-order valence-corrected chi connectivity index (χ4v) is 4.26. The van der Waals surface area contributed by atoms with Crippen molar-refractivity contribution in [1.29, 1.82) is 0 Å². The number of rotatable bonds is 7. The zero-order chi connectivity index (χ0) is 19.6. The van der Waals surface area contributed by atoms with Crippen molar-refractivity contribution in [3.8, 4) is 5.75 Å². The largest absolute Gasteiger partial charge is 0.609 e. The Morgan fingerprint density at radius 3 is 2.72 bits per heavy atom. The molecule has 9 heteroatoms. The molecule has 1 saturated heterocycles. The van der Waals surface area contributed by atoms with Gasteiger partial charge in [0.05, 0.1) is 29.9 Å². The van der Waals surface area contributed by atoms with Crippen LogP contribution in [0.2, 0.25) is 0 Å². The average molecular weight is 424 g/mol. The Labute approximate surface area is 195 Å². The van der Waals surface area contributed by atoms with Crippen LogP contribution in [0.25, 0.3) is 11.0 Å². The van der Waals surface area contributed by atoms with Gasteiger partial charge >= 0.3 is 5.16 Å². The average Bonchev–Trinajstić information content (AvgIpc) is 3.36. The number of fused-ring (bicyclic) bond motifs is 1. The standard InChI is InChI=1S/C20H23N3O4S.Na/c1-3-20(26-10-11-27-20)13-25-18-8-9-21-17(14(18)2)12-28(24)19-22-15-6-4-5-7-16(15)23-19;/h4-9H,3,10-13H2,1-2H3,(H,22,23);. The molecule has 1 N–H and O–H groups in total. The first-order valence-corrected chi connectivity index (χ1v) is 10.6. The van der Waals surface area contributed by atoms with Gasteiger partial charge in [-0.3, -0.25) is 9.97 Å². The third-order valence-electron chi connectivity index (χ3n) is 4.91. The monoisotopic (exact) mass is 424 g/mol. The number of H-pyrrole nitrogens is 1. The predicted molar refractivity (Wildman–Crippen MR) is 111 cm³/mol. The molecule has 0 aliphatic carbocycles. The number of benzene rings is 1. The van der Waals surface area contributed by atoms with E-state index >= 15 is 0 Å². The summed E-state index contributed by atoms with van der Waals surface area (Å²) < 4.78 is 30.2. The molecule has 3 aromatic rings. The Kier molecular flexibility index (Phi) is 7.61. The van der Waals surface area contributed by atoms with Crippen molar-refractivity contribution >= 4 is 51.8 Å². The molecule has 7 nitrogen and oxygen atoms in total. The van der Waals surface area contributed by atoms with Gasteiger partial charge in [-0.05, 0) is 25.1 Å². The molecule has 0 spiro atoms. The summed E-state index contributed by atoms with van der Waals surface area (Å²) >= 11 is -1.34. The topological polar surface area (TPSA) is 92.3 Å². The maximum atomic E-state index is 12.8. The van der Waals surface area contributed by atoms with Crippen LogP contribution in [0.5, 0.6) is 5.75 Å². The van der Waals surface area contributed by atoms with Gasteiger partial charge in [0.2, 0.25) is 5.79 Å². The van der Waals surface area contributed by atoms with Gasteiger partial charge in [-0.15, -0.1) is 0 Å². The fraction of sp³-hybridized carbons (Fsp3) is 0.400. The van der Waals surface area contributed by atoms with Gasteiger partial charge in [0.15, 0.2) is 5.75 Å². The van der Waals surface area contributed by atoms with Gasteiger partial charge < -0.3 is 18.8 Å². The molecule has 29 heavy (non-hydrogen) atoms. The van der Waals surface area contributed by atoms with Crippen LogP contribution in [0, 0.1) is 6.92 Å². The molecule has 4 rings (SSSR count). The Bertz CT molecular complexity index is 929. The van der Waals surface area contributed by atoms with E-state index in [1.54, 1.807) is 12.3 Å². The first-order chi connectivity index (χ1) is 13.6. The van der Waals surface area contributed by atoms with Gasteiger partial charge in [0.25, 0.3) is 0 Å². The Morgan fingerprint density at radius 1 is 1.24 bits per heavy atom. The van der Waals surface area contributed by atoms with Gasteiger partial charge in [0, 0.05) is 58.9 Å². The number of nitrogens with one attached hydrogen (secondary N) is 1. The number of pyridine rings is 1. The second-order valence-corrected chi connectivity index (χ2v) is 8.05. The molecule has 2 aromatic heterocycles. The molecule has 1 aliphatic heterocycles. The van der Waals surface area contributed by atoms with E-state index in [1.165, 1.54) is 0 Å². The van der Waals surface area contributed by atoms with Crippen LogP contribution < -0.4 is 4.74 Å². The zero-order valence-corrected chi connectivity index (χ0v) is 19.8. The molecular weight excluding hydrogens is 401 g/mol. The van der Waals surface area contributed by atoms with Gasteiger partial charge in [0.1, 0.15) is 12.4 Å². The molecule has 149 valence electrons. The van der Waals surface area contributed by atoms with Crippen LogP contribution in [0.4, 0.5) is 0 Å². The molecule has 1 aromatic carbocycles. The Hall–Kier alpha value is -1.13. The van der Waals surface area contributed by atoms with E-state index in [1.807, 2.05) is 38.1 Å². The molecule has 1 radical (unpaired) electrons. The number of imidazole rings is 1. The first kappa shape index (κ1) is 22.6. The van der Waals surface area contributed by atoms with Crippen LogP contribution >= 0.6 is 0 Å². The predicted octanol–water partition coefficient (Wildman–Crippen LogP) is 2.73. The number of hydrogen-bond donors (Lipinski definition) is 1. The number of ether oxygens (including phenoxy) is 3. The van der Waals surface area contributed by atoms with Gasteiger partial charge in [-0.25, -0.2) is 0 Å². The van der Waals surface area contributed by atoms with E-state index in [-0.39, 0.29) is 35.3 Å². The van der Waals surface area contributed by atoms with Crippen LogP contribution in [0.15, 0.2) is 41.7 Å². The summed E-state index contributed by atoms with van der Waals surface area (Å²) in [7, 11) is 0. The number of nitrogens with zero attached hydrogens (tertiary/aromatic N) is 2. The summed E-state index contributed by atoms with van der Waals surface area (Å²) in [5.74, 6) is 0.264. The second-order valence-electron chi connectivity index (χ2n) is 6.68. The molecule has 0 amide bonds. The quantitative estimate of drug-likeness (QED) is 0.463. The molecule has 1 unspecified atom stereocenters. The SMILES string of the molecule is CCC1(COc2ccnc(C[S+]([O-])c3nc4ccccc4[nH]3)c2C)OCCO1.[Na]. The zero-order valence-electron chi connectivity index (χ0n) is 16.9. The summed E-state index contributed by atoms with van der Waals surface area (Å²) in [6.07, 6.45) is 2.38. The summed E-state index contributed by atoms with van der Waals surface area (Å²) in [5, 5.41) is 0.450. The minimum Gasteiger partial charge on any atom is -0.609 e. The van der Waals surface area contributed by atoms with E-state index in [0.29, 0.717) is 37.1 Å². The van der Waals surface area contributed by atoms with Crippen molar-refractivity contribution < 1.29 is 18.8 Å². The molecule has 1 aliphatic rings. The molecular formula is C20H23N3NaO4S. The maximum Gasteiger partial charge on any atom is 0.322 e. The molecule has 0 saturated carbocycles. The third-order valence-corrected chi connectivity index (χ3v) is 6.07. The number of aromatic amines is 1. The summed E-state index contributed by atoms with van der Waals surface area (Å²) in [6, 6.07) is 9.43. The van der Waals surface area contributed by atoms with Crippen LogP contribution in [0.3, 0.4) is 0 Å². The van der Waals surface area contributed by atoms with E-state index < -0.39 is 17.0 Å². The van der Waals surface area contributed by atoms with Crippen LogP contribution in [-0.4, -0.2) is 74.7 Å². The normalized spacial score (nSPS) is 16.5. The van der Waals surface area contributed by atoms with Crippen molar-refractivity contribution in [2.24, 2.45) is 0 Å². The third kappa shape index (κ3) is 4.96. The number of para-hydroxylation sites is 2. The molecule has 1 atom stereocenters. The van der Waals surface area contributed by atoms with E-state index in [0.717, 1.165) is 22.3 Å². The summed E-state index contributed by atoms with van der Waals surface area (Å²) in [4.78, 5) is 11.9. The minimum absolute atomic E-state index is 0. The molecule has 0 bridgehead atoms. The second kappa shape index (κ2) is 9.78. The minimum atomic E-state index is -1.34. The van der Waals surface area contributed by atoms with Crippen LogP contribution in [-0.2, 0) is 26.4 Å². The summed E-state index contributed by atoms with van der Waals surface area (Å²) in [6.45, 7) is 5.39. The van der Waals surface area contributed by atoms with E-state index in [9.17, 15) is 4.55 Å². The van der Waals surface area contributed by atoms with Gasteiger partial charge in [-0.1, -0.05) is 19.1 Å². The van der Waals surface area contributed by atoms with Crippen LogP contribution in [0.1, 0.15) is 24.6 Å². The van der Waals surface area contributed by atoms with E-state index in [4.69, 9.17) is 14.2 Å². The number of hydrogen-bond acceptors (Lipinski definition) is 6. The summed E-state index contributed by atoms with van der Waals surface area (Å²) in [5.41, 5.74) is 3.24. The maximum absolute atomic E-state index is 12.8. The van der Waals surface area contributed by atoms with Gasteiger partial charge in [-0.2, -0.15) is 4.98 Å². The number of aromatic nitrogens is 3. The first-order valence-electron chi connectivity index (χ1n) is 9.28. The fourth-order valence-electron chi connectivity index (χ4n) is 3.16. The van der Waals surface area contributed by atoms with E-state index in [2.05, 4.69) is 15.0 Å². The molecule has 3 heterocycles. The van der Waals surface area contributed by atoms with Crippen molar-refractivity contribution in [3.05, 3.63) is 47.8 Å². The molecule has 1 fully saturated rings.